The molecule has 0 bridgehead atoms. The molecule has 4 nitrogen and oxygen atoms in total. The summed E-state index contributed by atoms with van der Waals surface area (Å²) in [7, 11) is 0. The molecule has 0 amide bonds. The van der Waals surface area contributed by atoms with Crippen LogP contribution in [0.3, 0.4) is 0 Å². The lowest BCUT2D eigenvalue weighted by atomic mass is 9.75. The van der Waals surface area contributed by atoms with Crippen LogP contribution in [-0.4, -0.2) is 34.0 Å². The van der Waals surface area contributed by atoms with Crippen molar-refractivity contribution in [3.63, 3.8) is 0 Å². The molecule has 1 saturated heterocycles. The van der Waals surface area contributed by atoms with Crippen LogP contribution in [0.15, 0.2) is 18.2 Å². The quantitative estimate of drug-likeness (QED) is 0.819. The fraction of sp³-hybridized carbons (Fsp3) is 0.600. The molecule has 1 aromatic heterocycles. The van der Waals surface area contributed by atoms with Gasteiger partial charge in [0, 0.05) is 11.4 Å². The van der Waals surface area contributed by atoms with E-state index in [0.717, 1.165) is 44.6 Å². The number of carboxylic acids is 1. The Morgan fingerprint density at radius 3 is 2.80 bits per heavy atom. The van der Waals surface area contributed by atoms with Gasteiger partial charge in [-0.05, 0) is 45.7 Å². The van der Waals surface area contributed by atoms with Gasteiger partial charge in [0.25, 0.3) is 0 Å². The summed E-state index contributed by atoms with van der Waals surface area (Å²) in [6.07, 6.45) is 4.76. The van der Waals surface area contributed by atoms with E-state index in [1.165, 1.54) is 4.88 Å². The Bertz CT molecular complexity index is 476. The Morgan fingerprint density at radius 1 is 1.60 bits per heavy atom. The number of hydrogen-bond donors (Lipinski definition) is 1. The maximum absolute atomic E-state index is 11.6. The zero-order chi connectivity index (χ0) is 14.6. The normalized spacial score (nSPS) is 18.9. The third-order valence-electron chi connectivity index (χ3n) is 4.31. The summed E-state index contributed by atoms with van der Waals surface area (Å²) >= 11 is 1.68. The van der Waals surface area contributed by atoms with E-state index in [0.29, 0.717) is 6.42 Å². The largest absolute Gasteiger partial charge is 0.481 e. The number of carboxylic acid groups (broad SMARTS) is 1. The molecule has 20 heavy (non-hydrogen) atoms. The molecule has 5 heteroatoms. The average Bonchev–Trinajstić information content (AvgIpc) is 2.83. The summed E-state index contributed by atoms with van der Waals surface area (Å²) in [5.41, 5.74) is 2.42. The van der Waals surface area contributed by atoms with Crippen LogP contribution in [0, 0.1) is 12.3 Å². The summed E-state index contributed by atoms with van der Waals surface area (Å²) in [5, 5.41) is 9.54. The van der Waals surface area contributed by atoms with E-state index >= 15 is 0 Å². The van der Waals surface area contributed by atoms with Gasteiger partial charge in [0.15, 0.2) is 0 Å². The highest BCUT2D eigenvalue weighted by Gasteiger charge is 2.40. The zero-order valence-corrected chi connectivity index (χ0v) is 12.8. The lowest BCUT2D eigenvalue weighted by Crippen LogP contribution is -2.44. The SMILES string of the molecule is C=CCCC1(C(=O)O)CCN(Cc2scnc2C)CC1. The first-order chi connectivity index (χ1) is 9.57. The number of aromatic nitrogens is 1. The summed E-state index contributed by atoms with van der Waals surface area (Å²) in [5.74, 6) is -0.645. The minimum atomic E-state index is -0.645. The lowest BCUT2D eigenvalue weighted by molar-refractivity contribution is -0.152. The highest BCUT2D eigenvalue weighted by molar-refractivity contribution is 7.09. The highest BCUT2D eigenvalue weighted by Crippen LogP contribution is 2.37. The molecule has 110 valence electrons. The number of nitrogens with zero attached hydrogens (tertiary/aromatic N) is 2. The van der Waals surface area contributed by atoms with Crippen LogP contribution in [0.25, 0.3) is 0 Å². The Balaban J connectivity index is 1.94. The van der Waals surface area contributed by atoms with E-state index in [4.69, 9.17) is 0 Å². The molecule has 0 aliphatic carbocycles. The topological polar surface area (TPSA) is 53.4 Å². The summed E-state index contributed by atoms with van der Waals surface area (Å²) in [6.45, 7) is 8.32. The molecule has 0 spiro atoms. The van der Waals surface area contributed by atoms with Gasteiger partial charge >= 0.3 is 5.97 Å². The van der Waals surface area contributed by atoms with E-state index in [1.807, 2.05) is 18.5 Å². The van der Waals surface area contributed by atoms with Crippen molar-refractivity contribution in [2.24, 2.45) is 5.41 Å². The predicted octanol–water partition coefficient (Wildman–Crippen LogP) is 3.08. The van der Waals surface area contributed by atoms with Crippen LogP contribution in [0.1, 0.15) is 36.3 Å². The van der Waals surface area contributed by atoms with Crippen molar-refractivity contribution in [3.8, 4) is 0 Å². The number of thiazole rings is 1. The van der Waals surface area contributed by atoms with Crippen molar-refractivity contribution in [2.75, 3.05) is 13.1 Å². The number of aryl methyl sites for hydroxylation is 1. The van der Waals surface area contributed by atoms with Crippen LogP contribution < -0.4 is 0 Å². The molecule has 0 radical (unpaired) electrons. The van der Waals surface area contributed by atoms with Crippen molar-refractivity contribution in [3.05, 3.63) is 28.7 Å². The maximum atomic E-state index is 11.6. The molecule has 1 aromatic rings. The second-order valence-electron chi connectivity index (χ2n) is 5.55. The number of likely N-dealkylation sites (tertiary alicyclic amines) is 1. The smallest absolute Gasteiger partial charge is 0.309 e. The summed E-state index contributed by atoms with van der Waals surface area (Å²) in [4.78, 5) is 19.5. The highest BCUT2D eigenvalue weighted by atomic mass is 32.1. The Morgan fingerprint density at radius 2 is 2.30 bits per heavy atom. The predicted molar refractivity (Wildman–Crippen MR) is 80.9 cm³/mol. The van der Waals surface area contributed by atoms with Crippen LogP contribution >= 0.6 is 11.3 Å². The standard InChI is InChI=1S/C15H22N2O2S/c1-3-4-5-15(14(18)19)6-8-17(9-7-15)10-13-12(2)16-11-20-13/h3,11H,1,4-10H2,2H3,(H,18,19). The van der Waals surface area contributed by atoms with E-state index in [-0.39, 0.29) is 0 Å². The van der Waals surface area contributed by atoms with Gasteiger partial charge in [-0.2, -0.15) is 0 Å². The summed E-state index contributed by atoms with van der Waals surface area (Å²) in [6, 6.07) is 0. The number of aliphatic carboxylic acids is 1. The van der Waals surface area contributed by atoms with Gasteiger partial charge in [0.1, 0.15) is 0 Å². The Kier molecular flexibility index (Phi) is 4.94. The third kappa shape index (κ3) is 3.27. The van der Waals surface area contributed by atoms with Crippen LogP contribution in [0.2, 0.25) is 0 Å². The van der Waals surface area contributed by atoms with E-state index < -0.39 is 11.4 Å². The van der Waals surface area contributed by atoms with E-state index in [9.17, 15) is 9.90 Å². The summed E-state index contributed by atoms with van der Waals surface area (Å²) < 4.78 is 0. The molecule has 1 aliphatic heterocycles. The second kappa shape index (κ2) is 6.50. The average molecular weight is 294 g/mol. The maximum Gasteiger partial charge on any atom is 0.309 e. The van der Waals surface area contributed by atoms with Gasteiger partial charge < -0.3 is 5.11 Å². The fourth-order valence-corrected chi connectivity index (χ4v) is 3.59. The van der Waals surface area contributed by atoms with E-state index in [1.54, 1.807) is 11.3 Å². The van der Waals surface area contributed by atoms with Crippen LogP contribution in [0.5, 0.6) is 0 Å². The van der Waals surface area contributed by atoms with E-state index in [2.05, 4.69) is 16.5 Å². The fourth-order valence-electron chi connectivity index (χ4n) is 2.77. The first kappa shape index (κ1) is 15.2. The Hall–Kier alpha value is -1.20. The molecular weight excluding hydrogens is 272 g/mol. The molecule has 2 rings (SSSR count). The van der Waals surface area contributed by atoms with Crippen LogP contribution in [-0.2, 0) is 11.3 Å². The first-order valence-electron chi connectivity index (χ1n) is 7.03. The first-order valence-corrected chi connectivity index (χ1v) is 7.91. The van der Waals surface area contributed by atoms with Gasteiger partial charge in [-0.3, -0.25) is 9.69 Å². The molecule has 1 aliphatic rings. The molecule has 2 heterocycles. The zero-order valence-electron chi connectivity index (χ0n) is 12.0. The number of hydrogen-bond acceptors (Lipinski definition) is 4. The third-order valence-corrected chi connectivity index (χ3v) is 5.23. The minimum absolute atomic E-state index is 0.548. The van der Waals surface area contributed by atoms with Crippen molar-refractivity contribution < 1.29 is 9.90 Å². The minimum Gasteiger partial charge on any atom is -0.481 e. The van der Waals surface area contributed by atoms with Crippen molar-refractivity contribution in [1.29, 1.82) is 0 Å². The van der Waals surface area contributed by atoms with Crippen molar-refractivity contribution in [2.45, 2.75) is 39.2 Å². The van der Waals surface area contributed by atoms with Gasteiger partial charge in [0.2, 0.25) is 0 Å². The molecule has 1 N–H and O–H groups in total. The second-order valence-corrected chi connectivity index (χ2v) is 6.49. The molecular formula is C15H22N2O2S. The number of rotatable bonds is 6. The molecule has 0 unspecified atom stereocenters. The molecule has 0 atom stereocenters. The van der Waals surface area contributed by atoms with Gasteiger partial charge in [-0.15, -0.1) is 17.9 Å². The van der Waals surface area contributed by atoms with Gasteiger partial charge in [0.05, 0.1) is 16.6 Å². The van der Waals surface area contributed by atoms with Crippen molar-refractivity contribution in [1.82, 2.24) is 9.88 Å². The number of allylic oxidation sites excluding steroid dienone is 1. The lowest BCUT2D eigenvalue weighted by Gasteiger charge is -2.38. The number of piperidine rings is 1. The monoisotopic (exact) mass is 294 g/mol. The van der Waals surface area contributed by atoms with Crippen LogP contribution in [0.4, 0.5) is 0 Å². The number of carbonyl (C=O) groups is 1. The van der Waals surface area contributed by atoms with Gasteiger partial charge in [-0.25, -0.2) is 4.98 Å². The van der Waals surface area contributed by atoms with Crippen molar-refractivity contribution >= 4 is 17.3 Å². The Labute approximate surface area is 124 Å². The van der Waals surface area contributed by atoms with Gasteiger partial charge in [-0.1, -0.05) is 6.08 Å². The molecule has 0 aromatic carbocycles. The molecule has 1 fully saturated rings. The molecule has 0 saturated carbocycles.